The molecular formula is C15H13N7. The van der Waals surface area contributed by atoms with E-state index in [4.69, 9.17) is 5.73 Å². The first-order valence-corrected chi connectivity index (χ1v) is 6.80. The number of nitrogens with zero attached hydrogens (tertiary/aromatic N) is 5. The van der Waals surface area contributed by atoms with Crippen LogP contribution in [0, 0.1) is 6.92 Å². The van der Waals surface area contributed by atoms with Crippen LogP contribution in [-0.4, -0.2) is 29.7 Å². The molecule has 108 valence electrons. The zero-order valence-corrected chi connectivity index (χ0v) is 11.9. The molecule has 3 aromatic heterocycles. The number of aryl methyl sites for hydroxylation is 1. The summed E-state index contributed by atoms with van der Waals surface area (Å²) in [4.78, 5) is 15.8. The minimum Gasteiger partial charge on any atom is -0.368 e. The van der Waals surface area contributed by atoms with Crippen molar-refractivity contribution >= 4 is 17.1 Å². The van der Waals surface area contributed by atoms with E-state index in [1.54, 1.807) is 12.5 Å². The lowest BCUT2D eigenvalue weighted by atomic mass is 10.1. The Bertz CT molecular complexity index is 953. The van der Waals surface area contributed by atoms with Crippen LogP contribution < -0.4 is 5.73 Å². The van der Waals surface area contributed by atoms with Crippen LogP contribution in [0.1, 0.15) is 5.56 Å². The first kappa shape index (κ1) is 12.5. The first-order valence-electron chi connectivity index (χ1n) is 6.80. The van der Waals surface area contributed by atoms with Crippen molar-refractivity contribution in [2.24, 2.45) is 0 Å². The Labute approximate surface area is 125 Å². The Morgan fingerprint density at radius 1 is 1.23 bits per heavy atom. The third kappa shape index (κ3) is 1.91. The Kier molecular flexibility index (Phi) is 2.65. The van der Waals surface area contributed by atoms with Crippen molar-refractivity contribution in [3.63, 3.8) is 0 Å². The average molecular weight is 291 g/mol. The number of H-pyrrole nitrogens is 1. The minimum atomic E-state index is 0.196. The molecule has 4 aromatic rings. The zero-order valence-electron chi connectivity index (χ0n) is 11.9. The van der Waals surface area contributed by atoms with Crippen LogP contribution in [0.5, 0.6) is 0 Å². The van der Waals surface area contributed by atoms with E-state index >= 15 is 0 Å². The fraction of sp³-hybridized carbons (Fsp3) is 0.0667. The monoisotopic (exact) mass is 291 g/mol. The molecule has 0 atom stereocenters. The van der Waals surface area contributed by atoms with E-state index < -0.39 is 0 Å². The van der Waals surface area contributed by atoms with Gasteiger partial charge in [0.25, 0.3) is 0 Å². The number of benzene rings is 1. The molecule has 0 bridgehead atoms. The Balaban J connectivity index is 2.05. The van der Waals surface area contributed by atoms with Gasteiger partial charge < -0.3 is 10.7 Å². The lowest BCUT2D eigenvalue weighted by molar-refractivity contribution is 0.880. The van der Waals surface area contributed by atoms with E-state index in [1.807, 2.05) is 36.0 Å². The average Bonchev–Trinajstić information content (AvgIpc) is 3.17. The number of hydrogen-bond donors (Lipinski definition) is 2. The van der Waals surface area contributed by atoms with Gasteiger partial charge in [-0.15, -0.1) is 0 Å². The van der Waals surface area contributed by atoms with Crippen LogP contribution in [-0.2, 0) is 0 Å². The highest BCUT2D eigenvalue weighted by molar-refractivity contribution is 5.90. The molecule has 0 saturated carbocycles. The van der Waals surface area contributed by atoms with Crippen molar-refractivity contribution in [2.75, 3.05) is 5.73 Å². The van der Waals surface area contributed by atoms with Crippen molar-refractivity contribution in [1.29, 1.82) is 0 Å². The van der Waals surface area contributed by atoms with Gasteiger partial charge in [-0.1, -0.05) is 12.1 Å². The smallest absolute Gasteiger partial charge is 0.222 e. The third-order valence-electron chi connectivity index (χ3n) is 3.46. The van der Waals surface area contributed by atoms with Crippen LogP contribution in [0.4, 0.5) is 5.95 Å². The lowest BCUT2D eigenvalue weighted by Crippen LogP contribution is -2.02. The fourth-order valence-corrected chi connectivity index (χ4v) is 2.49. The van der Waals surface area contributed by atoms with Crippen LogP contribution in [0.2, 0.25) is 0 Å². The summed E-state index contributed by atoms with van der Waals surface area (Å²) in [7, 11) is 0. The number of aromatic nitrogens is 6. The second kappa shape index (κ2) is 4.66. The SMILES string of the molecule is Cc1ccc(-c2nc(N)nc3nc[nH]c23)c(-n2cccn2)c1. The van der Waals surface area contributed by atoms with Crippen LogP contribution in [0.25, 0.3) is 28.1 Å². The standard InChI is InChI=1S/C15H13N7/c1-9-3-4-10(11(7-9)22-6-2-5-19-22)12-13-14(18-8-17-13)21-15(16)20-12/h2-8H,1H3,(H3,16,17,18,20,21). The van der Waals surface area contributed by atoms with Crippen molar-refractivity contribution in [1.82, 2.24) is 29.7 Å². The quantitative estimate of drug-likeness (QED) is 0.589. The molecule has 0 aliphatic rings. The first-order chi connectivity index (χ1) is 10.7. The number of nitrogens with one attached hydrogen (secondary N) is 1. The molecule has 3 heterocycles. The lowest BCUT2D eigenvalue weighted by Gasteiger charge is -2.11. The Morgan fingerprint density at radius 2 is 2.14 bits per heavy atom. The molecule has 0 spiro atoms. The number of rotatable bonds is 2. The Morgan fingerprint density at radius 3 is 2.95 bits per heavy atom. The van der Waals surface area contributed by atoms with E-state index in [2.05, 4.69) is 31.1 Å². The minimum absolute atomic E-state index is 0.196. The van der Waals surface area contributed by atoms with E-state index in [0.29, 0.717) is 11.3 Å². The summed E-state index contributed by atoms with van der Waals surface area (Å²) in [5.41, 5.74) is 10.8. The number of hydrogen-bond acceptors (Lipinski definition) is 5. The Hall–Kier alpha value is -3.22. The normalized spacial score (nSPS) is 11.1. The molecule has 22 heavy (non-hydrogen) atoms. The summed E-state index contributed by atoms with van der Waals surface area (Å²) in [5, 5.41) is 4.32. The molecule has 4 rings (SSSR count). The van der Waals surface area contributed by atoms with Crippen molar-refractivity contribution in [3.8, 4) is 16.9 Å². The summed E-state index contributed by atoms with van der Waals surface area (Å²) >= 11 is 0. The van der Waals surface area contributed by atoms with Gasteiger partial charge >= 0.3 is 0 Å². The molecule has 0 amide bonds. The largest absolute Gasteiger partial charge is 0.368 e. The number of aromatic amines is 1. The van der Waals surface area contributed by atoms with Gasteiger partial charge in [0.1, 0.15) is 11.2 Å². The van der Waals surface area contributed by atoms with Gasteiger partial charge in [0.15, 0.2) is 5.65 Å². The van der Waals surface area contributed by atoms with Crippen molar-refractivity contribution < 1.29 is 0 Å². The van der Waals surface area contributed by atoms with E-state index in [-0.39, 0.29) is 5.95 Å². The predicted octanol–water partition coefficient (Wildman–Crippen LogP) is 2.10. The van der Waals surface area contributed by atoms with Gasteiger partial charge in [0, 0.05) is 18.0 Å². The van der Waals surface area contributed by atoms with Gasteiger partial charge in [-0.25, -0.2) is 14.6 Å². The number of nitrogens with two attached hydrogens (primary N) is 1. The highest BCUT2D eigenvalue weighted by atomic mass is 15.3. The number of nitrogen functional groups attached to an aromatic ring is 1. The molecule has 0 fully saturated rings. The second-order valence-electron chi connectivity index (χ2n) is 5.00. The van der Waals surface area contributed by atoms with Crippen LogP contribution >= 0.6 is 0 Å². The summed E-state index contributed by atoms with van der Waals surface area (Å²) in [6.45, 7) is 2.04. The van der Waals surface area contributed by atoms with Crippen molar-refractivity contribution in [3.05, 3.63) is 48.5 Å². The molecule has 0 aliphatic carbocycles. The van der Waals surface area contributed by atoms with Gasteiger partial charge in [0.2, 0.25) is 5.95 Å². The zero-order chi connectivity index (χ0) is 15.1. The summed E-state index contributed by atoms with van der Waals surface area (Å²) < 4.78 is 1.81. The molecular weight excluding hydrogens is 278 g/mol. The number of fused-ring (bicyclic) bond motifs is 1. The maximum absolute atomic E-state index is 5.82. The molecule has 0 aliphatic heterocycles. The number of imidazole rings is 1. The second-order valence-corrected chi connectivity index (χ2v) is 5.00. The van der Waals surface area contributed by atoms with Gasteiger partial charge in [-0.05, 0) is 24.6 Å². The maximum atomic E-state index is 5.82. The fourth-order valence-electron chi connectivity index (χ4n) is 2.49. The summed E-state index contributed by atoms with van der Waals surface area (Å²) in [6.07, 6.45) is 5.23. The molecule has 7 nitrogen and oxygen atoms in total. The number of anilines is 1. The van der Waals surface area contributed by atoms with E-state index in [9.17, 15) is 0 Å². The van der Waals surface area contributed by atoms with E-state index in [1.165, 1.54) is 0 Å². The van der Waals surface area contributed by atoms with Gasteiger partial charge in [-0.3, -0.25) is 0 Å². The third-order valence-corrected chi connectivity index (χ3v) is 3.46. The molecule has 0 radical (unpaired) electrons. The summed E-state index contributed by atoms with van der Waals surface area (Å²) in [6, 6.07) is 7.98. The van der Waals surface area contributed by atoms with Crippen LogP contribution in [0.15, 0.2) is 43.0 Å². The highest BCUT2D eigenvalue weighted by Crippen LogP contribution is 2.30. The molecule has 0 unspecified atom stereocenters. The highest BCUT2D eigenvalue weighted by Gasteiger charge is 2.15. The molecule has 7 heteroatoms. The molecule has 3 N–H and O–H groups in total. The van der Waals surface area contributed by atoms with Crippen LogP contribution in [0.3, 0.4) is 0 Å². The summed E-state index contributed by atoms with van der Waals surface area (Å²) in [5.74, 6) is 0.196. The van der Waals surface area contributed by atoms with Gasteiger partial charge in [-0.2, -0.15) is 10.1 Å². The van der Waals surface area contributed by atoms with Gasteiger partial charge in [0.05, 0.1) is 12.0 Å². The van der Waals surface area contributed by atoms with E-state index in [0.717, 1.165) is 22.3 Å². The predicted molar refractivity (Wildman–Crippen MR) is 83.4 cm³/mol. The van der Waals surface area contributed by atoms with Crippen molar-refractivity contribution in [2.45, 2.75) is 6.92 Å². The molecule has 1 aromatic carbocycles. The topological polar surface area (TPSA) is 98.3 Å². The maximum Gasteiger partial charge on any atom is 0.222 e. The molecule has 0 saturated heterocycles.